The highest BCUT2D eigenvalue weighted by atomic mass is 16.2. The fourth-order valence-electron chi connectivity index (χ4n) is 2.89. The van der Waals surface area contributed by atoms with Crippen LogP contribution in [0, 0.1) is 6.92 Å². The van der Waals surface area contributed by atoms with Crippen molar-refractivity contribution in [1.29, 1.82) is 0 Å². The predicted octanol–water partition coefficient (Wildman–Crippen LogP) is 0.657. The van der Waals surface area contributed by atoms with Crippen LogP contribution in [-0.2, 0) is 16.0 Å². The zero-order valence-corrected chi connectivity index (χ0v) is 12.4. The number of carbonyl (C=O) groups is 3. The van der Waals surface area contributed by atoms with Crippen LogP contribution < -0.4 is 15.5 Å². The minimum Gasteiger partial charge on any atom is -0.326 e. The van der Waals surface area contributed by atoms with Gasteiger partial charge in [-0.05, 0) is 43.4 Å². The average molecular weight is 302 g/mol. The van der Waals surface area contributed by atoms with E-state index in [1.54, 1.807) is 11.1 Å². The standard InChI is InChI=1S/C15H18N4O3/c1-9-6-7-16-13-10(9)3-2-8-19(13)15(22)17-11-4-5-12(20)18-14(11)21/h6-7,11H,2-5,8H2,1H3,(H,17,22)(H,18,20,21)/t11-/m1/s1. The van der Waals surface area contributed by atoms with E-state index in [1.165, 1.54) is 0 Å². The van der Waals surface area contributed by atoms with Crippen LogP contribution >= 0.6 is 0 Å². The normalized spacial score (nSPS) is 21.1. The second-order valence-corrected chi connectivity index (χ2v) is 5.64. The molecule has 2 aliphatic rings. The van der Waals surface area contributed by atoms with Gasteiger partial charge in [0.15, 0.2) is 0 Å². The van der Waals surface area contributed by atoms with Gasteiger partial charge in [0, 0.05) is 19.2 Å². The molecule has 0 aliphatic carbocycles. The van der Waals surface area contributed by atoms with Crippen molar-refractivity contribution in [1.82, 2.24) is 15.6 Å². The maximum Gasteiger partial charge on any atom is 0.323 e. The summed E-state index contributed by atoms with van der Waals surface area (Å²) < 4.78 is 0. The number of rotatable bonds is 1. The Kier molecular flexibility index (Phi) is 3.79. The van der Waals surface area contributed by atoms with Gasteiger partial charge in [-0.15, -0.1) is 0 Å². The quantitative estimate of drug-likeness (QED) is 0.745. The zero-order chi connectivity index (χ0) is 15.7. The molecule has 0 bridgehead atoms. The summed E-state index contributed by atoms with van der Waals surface area (Å²) in [6, 6.07) is 0.925. The van der Waals surface area contributed by atoms with Crippen molar-refractivity contribution in [2.45, 2.75) is 38.6 Å². The Morgan fingerprint density at radius 3 is 3.00 bits per heavy atom. The summed E-state index contributed by atoms with van der Waals surface area (Å²) in [6.45, 7) is 2.57. The van der Waals surface area contributed by atoms with Crippen molar-refractivity contribution >= 4 is 23.7 Å². The molecule has 1 atom stereocenters. The third kappa shape index (κ3) is 2.66. The molecule has 1 aromatic rings. The monoisotopic (exact) mass is 302 g/mol. The summed E-state index contributed by atoms with van der Waals surface area (Å²) in [7, 11) is 0. The first-order valence-electron chi connectivity index (χ1n) is 7.42. The average Bonchev–Trinajstić information content (AvgIpc) is 2.50. The molecule has 1 saturated heterocycles. The van der Waals surface area contributed by atoms with Crippen LogP contribution in [0.15, 0.2) is 12.3 Å². The molecule has 4 amide bonds. The van der Waals surface area contributed by atoms with Gasteiger partial charge < -0.3 is 5.32 Å². The van der Waals surface area contributed by atoms with Gasteiger partial charge in [0.1, 0.15) is 11.9 Å². The fourth-order valence-corrected chi connectivity index (χ4v) is 2.89. The van der Waals surface area contributed by atoms with E-state index in [2.05, 4.69) is 15.6 Å². The lowest BCUT2D eigenvalue weighted by Crippen LogP contribution is -2.55. The van der Waals surface area contributed by atoms with Crippen LogP contribution in [0.2, 0.25) is 0 Å². The van der Waals surface area contributed by atoms with E-state index in [1.807, 2.05) is 13.0 Å². The number of anilines is 1. The molecule has 0 spiro atoms. The molecule has 116 valence electrons. The third-order valence-electron chi connectivity index (χ3n) is 4.11. The molecule has 0 saturated carbocycles. The first-order chi connectivity index (χ1) is 10.6. The maximum atomic E-state index is 12.5. The van der Waals surface area contributed by atoms with Gasteiger partial charge >= 0.3 is 6.03 Å². The summed E-state index contributed by atoms with van der Waals surface area (Å²) >= 11 is 0. The van der Waals surface area contributed by atoms with Gasteiger partial charge in [-0.2, -0.15) is 0 Å². The Hall–Kier alpha value is -2.44. The summed E-state index contributed by atoms with van der Waals surface area (Å²) in [5, 5.41) is 4.94. The van der Waals surface area contributed by atoms with E-state index in [0.717, 1.165) is 24.0 Å². The first-order valence-corrected chi connectivity index (χ1v) is 7.42. The summed E-state index contributed by atoms with van der Waals surface area (Å²) in [5.41, 5.74) is 2.19. The van der Waals surface area contributed by atoms with Crippen molar-refractivity contribution < 1.29 is 14.4 Å². The fraction of sp³-hybridized carbons (Fsp3) is 0.467. The van der Waals surface area contributed by atoms with Crippen molar-refractivity contribution in [2.24, 2.45) is 0 Å². The minimum absolute atomic E-state index is 0.241. The second-order valence-electron chi connectivity index (χ2n) is 5.64. The van der Waals surface area contributed by atoms with Crippen molar-refractivity contribution in [2.75, 3.05) is 11.4 Å². The van der Waals surface area contributed by atoms with Crippen molar-refractivity contribution in [3.63, 3.8) is 0 Å². The number of urea groups is 1. The van der Waals surface area contributed by atoms with Gasteiger partial charge in [0.2, 0.25) is 11.8 Å². The molecule has 1 fully saturated rings. The first kappa shape index (κ1) is 14.5. The smallest absolute Gasteiger partial charge is 0.323 e. The number of hydrogen-bond donors (Lipinski definition) is 2. The Morgan fingerprint density at radius 1 is 1.41 bits per heavy atom. The van der Waals surface area contributed by atoms with Crippen LogP contribution in [0.3, 0.4) is 0 Å². The number of aromatic nitrogens is 1. The van der Waals surface area contributed by atoms with E-state index >= 15 is 0 Å². The van der Waals surface area contributed by atoms with Crippen molar-refractivity contribution in [3.05, 3.63) is 23.4 Å². The Bertz CT molecular complexity index is 644. The molecule has 2 aliphatic heterocycles. The predicted molar refractivity (Wildman–Crippen MR) is 79.3 cm³/mol. The summed E-state index contributed by atoms with van der Waals surface area (Å²) in [4.78, 5) is 41.3. The molecule has 0 radical (unpaired) electrons. The molecule has 3 heterocycles. The van der Waals surface area contributed by atoms with Crippen LogP contribution in [-0.4, -0.2) is 35.4 Å². The second kappa shape index (κ2) is 5.75. The number of fused-ring (bicyclic) bond motifs is 1. The highest BCUT2D eigenvalue weighted by Gasteiger charge is 2.31. The Balaban J connectivity index is 1.75. The highest BCUT2D eigenvalue weighted by molar-refractivity contribution is 6.03. The topological polar surface area (TPSA) is 91.4 Å². The Labute approximate surface area is 128 Å². The highest BCUT2D eigenvalue weighted by Crippen LogP contribution is 2.27. The molecule has 0 unspecified atom stereocenters. The SMILES string of the molecule is Cc1ccnc2c1CCCN2C(=O)N[C@@H]1CCC(=O)NC1=O. The number of amides is 4. The van der Waals surface area contributed by atoms with E-state index in [4.69, 9.17) is 0 Å². The zero-order valence-electron chi connectivity index (χ0n) is 12.4. The molecule has 3 rings (SSSR count). The number of carbonyl (C=O) groups excluding carboxylic acids is 3. The van der Waals surface area contributed by atoms with Crippen molar-refractivity contribution in [3.8, 4) is 0 Å². The molecule has 7 heteroatoms. The summed E-state index contributed by atoms with van der Waals surface area (Å²) in [5.74, 6) is -0.0776. The van der Waals surface area contributed by atoms with E-state index in [0.29, 0.717) is 18.8 Å². The molecule has 2 N–H and O–H groups in total. The van der Waals surface area contributed by atoms with Gasteiger partial charge in [-0.1, -0.05) is 0 Å². The number of nitrogens with zero attached hydrogens (tertiary/aromatic N) is 2. The lowest BCUT2D eigenvalue weighted by Gasteiger charge is -2.31. The van der Waals surface area contributed by atoms with Gasteiger partial charge in [0.25, 0.3) is 0 Å². The maximum absolute atomic E-state index is 12.5. The number of piperidine rings is 1. The van der Waals surface area contributed by atoms with Crippen LogP contribution in [0.4, 0.5) is 10.6 Å². The van der Waals surface area contributed by atoms with Crippen LogP contribution in [0.25, 0.3) is 0 Å². The van der Waals surface area contributed by atoms with Gasteiger partial charge in [0.05, 0.1) is 0 Å². The number of pyridine rings is 1. The van der Waals surface area contributed by atoms with E-state index in [9.17, 15) is 14.4 Å². The Morgan fingerprint density at radius 2 is 2.23 bits per heavy atom. The van der Waals surface area contributed by atoms with Gasteiger partial charge in [-0.3, -0.25) is 19.8 Å². The number of aryl methyl sites for hydroxylation is 1. The number of nitrogens with one attached hydrogen (secondary N) is 2. The molecule has 0 aromatic carbocycles. The van der Waals surface area contributed by atoms with E-state index in [-0.39, 0.29) is 18.4 Å². The molecule has 22 heavy (non-hydrogen) atoms. The number of imide groups is 1. The van der Waals surface area contributed by atoms with Gasteiger partial charge in [-0.25, -0.2) is 9.78 Å². The third-order valence-corrected chi connectivity index (χ3v) is 4.11. The molecular formula is C15H18N4O3. The summed E-state index contributed by atoms with van der Waals surface area (Å²) in [6.07, 6.45) is 4.02. The van der Waals surface area contributed by atoms with E-state index < -0.39 is 11.9 Å². The molecule has 7 nitrogen and oxygen atoms in total. The lowest BCUT2D eigenvalue weighted by molar-refractivity contribution is -0.134. The van der Waals surface area contributed by atoms with Crippen LogP contribution in [0.1, 0.15) is 30.4 Å². The lowest BCUT2D eigenvalue weighted by atomic mass is 10.0. The molecular weight excluding hydrogens is 284 g/mol. The van der Waals surface area contributed by atoms with Crippen LogP contribution in [0.5, 0.6) is 0 Å². The minimum atomic E-state index is -0.666. The molecule has 1 aromatic heterocycles. The number of hydrogen-bond acceptors (Lipinski definition) is 4. The largest absolute Gasteiger partial charge is 0.326 e.